The second-order valence-corrected chi connectivity index (χ2v) is 7.91. The largest absolute Gasteiger partial charge is 0.433 e. The minimum absolute atomic E-state index is 0.0465. The maximum absolute atomic E-state index is 13.0. The molecule has 0 bridgehead atoms. The third-order valence-corrected chi connectivity index (χ3v) is 5.82. The highest BCUT2D eigenvalue weighted by Gasteiger charge is 2.36. The van der Waals surface area contributed by atoms with E-state index in [4.69, 9.17) is 0 Å². The van der Waals surface area contributed by atoms with Crippen LogP contribution in [0, 0.1) is 0 Å². The fraction of sp³-hybridized carbons (Fsp3) is 0.368. The molecule has 1 fully saturated rings. The third kappa shape index (κ3) is 4.02. The van der Waals surface area contributed by atoms with Gasteiger partial charge < -0.3 is 9.88 Å². The van der Waals surface area contributed by atoms with Crippen LogP contribution in [0.15, 0.2) is 33.8 Å². The van der Waals surface area contributed by atoms with Gasteiger partial charge in [-0.05, 0) is 24.3 Å². The number of halogens is 3. The highest BCUT2D eigenvalue weighted by molar-refractivity contribution is 7.08. The Balaban J connectivity index is 1.47. The lowest BCUT2D eigenvalue weighted by Gasteiger charge is -2.31. The maximum atomic E-state index is 13.0. The molecular formula is C19H18F3N5O2S. The molecule has 3 aromatic rings. The molecule has 0 spiro atoms. The van der Waals surface area contributed by atoms with Crippen LogP contribution in [0.3, 0.4) is 0 Å². The van der Waals surface area contributed by atoms with Gasteiger partial charge >= 0.3 is 6.18 Å². The van der Waals surface area contributed by atoms with Crippen molar-refractivity contribution < 1.29 is 18.0 Å². The molecular weight excluding hydrogens is 419 g/mol. The quantitative estimate of drug-likeness (QED) is 0.682. The van der Waals surface area contributed by atoms with Crippen LogP contribution in [0.25, 0.3) is 11.3 Å². The lowest BCUT2D eigenvalue weighted by atomic mass is 9.95. The first-order valence-corrected chi connectivity index (χ1v) is 10.2. The van der Waals surface area contributed by atoms with Crippen molar-refractivity contribution in [3.63, 3.8) is 0 Å². The highest BCUT2D eigenvalue weighted by atomic mass is 32.1. The number of aryl methyl sites for hydroxylation is 1. The van der Waals surface area contributed by atoms with Gasteiger partial charge in [0.1, 0.15) is 11.5 Å². The number of nitrogens with zero attached hydrogens (tertiary/aromatic N) is 4. The molecule has 1 aliphatic heterocycles. The molecule has 0 atom stereocenters. The van der Waals surface area contributed by atoms with E-state index in [0.717, 1.165) is 18.7 Å². The fourth-order valence-electron chi connectivity index (χ4n) is 3.58. The summed E-state index contributed by atoms with van der Waals surface area (Å²) in [6, 6.07) is 4.11. The van der Waals surface area contributed by atoms with E-state index >= 15 is 0 Å². The lowest BCUT2D eigenvalue weighted by Crippen LogP contribution is -2.38. The van der Waals surface area contributed by atoms with Crippen molar-refractivity contribution in [3.8, 4) is 11.3 Å². The summed E-state index contributed by atoms with van der Waals surface area (Å²) in [5.41, 5.74) is 0.0344. The van der Waals surface area contributed by atoms with Crippen LogP contribution in [-0.4, -0.2) is 43.6 Å². The zero-order valence-electron chi connectivity index (χ0n) is 15.9. The molecule has 11 heteroatoms. The molecule has 30 heavy (non-hydrogen) atoms. The summed E-state index contributed by atoms with van der Waals surface area (Å²) >= 11 is 1.51. The molecule has 1 amide bonds. The van der Waals surface area contributed by atoms with Gasteiger partial charge in [0.15, 0.2) is 5.69 Å². The number of thiophene rings is 1. The Morgan fingerprint density at radius 2 is 2.00 bits per heavy atom. The van der Waals surface area contributed by atoms with Gasteiger partial charge in [-0.25, -0.2) is 4.98 Å². The van der Waals surface area contributed by atoms with E-state index in [1.807, 2.05) is 16.8 Å². The van der Waals surface area contributed by atoms with Crippen molar-refractivity contribution in [2.45, 2.75) is 24.9 Å². The van der Waals surface area contributed by atoms with Crippen molar-refractivity contribution in [1.29, 1.82) is 0 Å². The van der Waals surface area contributed by atoms with Crippen LogP contribution < -0.4 is 5.56 Å². The Morgan fingerprint density at radius 3 is 2.60 bits per heavy atom. The third-order valence-electron chi connectivity index (χ3n) is 5.14. The van der Waals surface area contributed by atoms with E-state index in [1.165, 1.54) is 22.3 Å². The van der Waals surface area contributed by atoms with E-state index in [2.05, 4.69) is 15.1 Å². The smallest absolute Gasteiger partial charge is 0.337 e. The molecule has 3 aromatic heterocycles. The summed E-state index contributed by atoms with van der Waals surface area (Å²) in [4.78, 5) is 33.5. The van der Waals surface area contributed by atoms with Crippen molar-refractivity contribution >= 4 is 17.2 Å². The van der Waals surface area contributed by atoms with Crippen LogP contribution in [0.2, 0.25) is 0 Å². The predicted octanol–water partition coefficient (Wildman–Crippen LogP) is 3.27. The Kier molecular flexibility index (Phi) is 5.22. The molecule has 1 saturated heterocycles. The molecule has 0 unspecified atom stereocenters. The van der Waals surface area contributed by atoms with Crippen molar-refractivity contribution in [1.82, 2.24) is 24.6 Å². The number of carbonyl (C=O) groups is 1. The number of carbonyl (C=O) groups excluding carboxylic acids is 1. The van der Waals surface area contributed by atoms with E-state index < -0.39 is 17.8 Å². The molecule has 158 valence electrons. The van der Waals surface area contributed by atoms with Crippen molar-refractivity contribution in [3.05, 3.63) is 56.5 Å². The van der Waals surface area contributed by atoms with Gasteiger partial charge in [-0.2, -0.15) is 29.6 Å². The van der Waals surface area contributed by atoms with Gasteiger partial charge in [0.05, 0.1) is 5.69 Å². The summed E-state index contributed by atoms with van der Waals surface area (Å²) in [5.74, 6) is -0.0178. The molecule has 0 radical (unpaired) electrons. The summed E-state index contributed by atoms with van der Waals surface area (Å²) in [6.07, 6.45) is -3.49. The standard InChI is InChI=1S/C19H18F3N5O2S/c1-26-15(19(20,21)22)8-14(25-26)18(29)27-5-2-11(3-6-27)17-23-13(9-16(28)24-17)12-4-7-30-10-12/h4,7-11H,2-3,5-6H2,1H3,(H,23,24,28). The molecule has 7 nitrogen and oxygen atoms in total. The predicted molar refractivity (Wildman–Crippen MR) is 104 cm³/mol. The average molecular weight is 437 g/mol. The summed E-state index contributed by atoms with van der Waals surface area (Å²) in [5, 5.41) is 7.55. The molecule has 0 aromatic carbocycles. The van der Waals surface area contributed by atoms with E-state index in [9.17, 15) is 22.8 Å². The highest BCUT2D eigenvalue weighted by Crippen LogP contribution is 2.31. The number of hydrogen-bond donors (Lipinski definition) is 1. The van der Waals surface area contributed by atoms with E-state index in [0.29, 0.717) is 42.1 Å². The Morgan fingerprint density at radius 1 is 1.27 bits per heavy atom. The number of hydrogen-bond acceptors (Lipinski definition) is 5. The summed E-state index contributed by atoms with van der Waals surface area (Å²) < 4.78 is 39.5. The average Bonchev–Trinajstić information content (AvgIpc) is 3.36. The molecule has 4 heterocycles. The number of aromatic nitrogens is 4. The molecule has 1 aliphatic rings. The first-order valence-electron chi connectivity index (χ1n) is 9.26. The van der Waals surface area contributed by atoms with Crippen LogP contribution in [-0.2, 0) is 13.2 Å². The van der Waals surface area contributed by atoms with Gasteiger partial charge in [0, 0.05) is 49.1 Å². The minimum atomic E-state index is -4.57. The normalized spacial score (nSPS) is 15.5. The fourth-order valence-corrected chi connectivity index (χ4v) is 4.23. The maximum Gasteiger partial charge on any atom is 0.433 e. The zero-order chi connectivity index (χ0) is 21.5. The number of amides is 1. The van der Waals surface area contributed by atoms with Gasteiger partial charge in [0.25, 0.3) is 11.5 Å². The Labute approximate surface area is 173 Å². The van der Waals surface area contributed by atoms with Crippen LogP contribution in [0.4, 0.5) is 13.2 Å². The van der Waals surface area contributed by atoms with Crippen molar-refractivity contribution in [2.24, 2.45) is 7.05 Å². The molecule has 1 N–H and O–H groups in total. The zero-order valence-corrected chi connectivity index (χ0v) is 16.8. The molecule has 0 saturated carbocycles. The Bertz CT molecular complexity index is 1110. The number of nitrogens with one attached hydrogen (secondary N) is 1. The SMILES string of the molecule is Cn1nc(C(=O)N2CCC(c3nc(-c4ccsc4)cc(=O)[nH]3)CC2)cc1C(F)(F)F. The number of H-pyrrole nitrogens is 1. The molecule has 4 rings (SSSR count). The lowest BCUT2D eigenvalue weighted by molar-refractivity contribution is -0.143. The first-order chi connectivity index (χ1) is 14.2. The van der Waals surface area contributed by atoms with E-state index in [-0.39, 0.29) is 17.2 Å². The van der Waals surface area contributed by atoms with Gasteiger partial charge in [-0.1, -0.05) is 0 Å². The summed E-state index contributed by atoms with van der Waals surface area (Å²) in [6.45, 7) is 0.682. The monoisotopic (exact) mass is 437 g/mol. The second-order valence-electron chi connectivity index (χ2n) is 7.13. The number of alkyl halides is 3. The number of rotatable bonds is 3. The topological polar surface area (TPSA) is 83.9 Å². The van der Waals surface area contributed by atoms with E-state index in [1.54, 1.807) is 0 Å². The van der Waals surface area contributed by atoms with Crippen LogP contribution in [0.5, 0.6) is 0 Å². The van der Waals surface area contributed by atoms with Crippen LogP contribution >= 0.6 is 11.3 Å². The summed E-state index contributed by atoms with van der Waals surface area (Å²) in [7, 11) is 1.16. The van der Waals surface area contributed by atoms with Gasteiger partial charge in [0.2, 0.25) is 0 Å². The first kappa shape index (κ1) is 20.3. The second kappa shape index (κ2) is 7.71. The number of aromatic amines is 1. The van der Waals surface area contributed by atoms with Gasteiger partial charge in [-0.3, -0.25) is 14.3 Å². The molecule has 0 aliphatic carbocycles. The minimum Gasteiger partial charge on any atom is -0.337 e. The van der Waals surface area contributed by atoms with Crippen LogP contribution in [0.1, 0.15) is 40.8 Å². The Hall–Kier alpha value is -2.95. The van der Waals surface area contributed by atoms with Gasteiger partial charge in [-0.15, -0.1) is 0 Å². The number of piperidine rings is 1. The number of likely N-dealkylation sites (tertiary alicyclic amines) is 1. The van der Waals surface area contributed by atoms with Crippen molar-refractivity contribution in [2.75, 3.05) is 13.1 Å².